The number of likely N-dealkylation sites (N-methyl/N-ethyl adjacent to an activating group) is 1. The Morgan fingerprint density at radius 2 is 2.21 bits per heavy atom. The number of rotatable bonds is 8. The van der Waals surface area contributed by atoms with Gasteiger partial charge >= 0.3 is 0 Å². The highest BCUT2D eigenvalue weighted by Gasteiger charge is 2.26. The van der Waals surface area contributed by atoms with Gasteiger partial charge in [-0.3, -0.25) is 14.8 Å². The zero-order chi connectivity index (χ0) is 20.1. The minimum atomic E-state index is 0.633. The second-order valence-corrected chi connectivity index (χ2v) is 7.95. The van der Waals surface area contributed by atoms with Crippen LogP contribution in [0.1, 0.15) is 30.9 Å². The molecule has 1 aromatic carbocycles. The Bertz CT molecular complexity index is 837. The average Bonchev–Trinajstić information content (AvgIpc) is 3.21. The first kappa shape index (κ1) is 19.9. The van der Waals surface area contributed by atoms with Crippen LogP contribution in [0.25, 0.3) is 6.08 Å². The molecule has 5 nitrogen and oxygen atoms in total. The molecule has 1 fully saturated rings. The fraction of sp³-hybridized carbons (Fsp3) is 0.458. The predicted molar refractivity (Wildman–Crippen MR) is 116 cm³/mol. The molecule has 154 valence electrons. The van der Waals surface area contributed by atoms with Crippen LogP contribution in [-0.2, 0) is 6.54 Å². The first-order chi connectivity index (χ1) is 14.2. The third-order valence-electron chi connectivity index (χ3n) is 5.92. The van der Waals surface area contributed by atoms with Crippen molar-refractivity contribution >= 4 is 6.08 Å². The van der Waals surface area contributed by atoms with Crippen LogP contribution in [0.15, 0.2) is 48.3 Å². The van der Waals surface area contributed by atoms with Gasteiger partial charge in [-0.2, -0.15) is 0 Å². The molecule has 2 aliphatic rings. The Hall–Kier alpha value is -2.37. The number of ether oxygens (including phenoxy) is 2. The number of methoxy groups -OCH3 is 1. The van der Waals surface area contributed by atoms with Crippen molar-refractivity contribution in [2.24, 2.45) is 0 Å². The SMILES string of the molecule is CCN1CCC[C@@H]1CN(CC1=Cc2cc(OC)ccc2OC1)Cc1cccnc1. The number of benzene rings is 1. The van der Waals surface area contributed by atoms with Gasteiger partial charge in [-0.1, -0.05) is 13.0 Å². The minimum absolute atomic E-state index is 0.633. The van der Waals surface area contributed by atoms with E-state index in [4.69, 9.17) is 9.47 Å². The van der Waals surface area contributed by atoms with Crippen molar-refractivity contribution < 1.29 is 9.47 Å². The smallest absolute Gasteiger partial charge is 0.127 e. The molecule has 3 heterocycles. The summed E-state index contributed by atoms with van der Waals surface area (Å²) in [5, 5.41) is 0. The molecule has 5 heteroatoms. The lowest BCUT2D eigenvalue weighted by Crippen LogP contribution is -2.41. The van der Waals surface area contributed by atoms with Gasteiger partial charge in [0.05, 0.1) is 7.11 Å². The van der Waals surface area contributed by atoms with Crippen molar-refractivity contribution in [1.29, 1.82) is 0 Å². The monoisotopic (exact) mass is 393 g/mol. The van der Waals surface area contributed by atoms with Crippen molar-refractivity contribution in [3.8, 4) is 11.5 Å². The van der Waals surface area contributed by atoms with Gasteiger partial charge < -0.3 is 9.47 Å². The van der Waals surface area contributed by atoms with E-state index in [0.717, 1.165) is 43.2 Å². The summed E-state index contributed by atoms with van der Waals surface area (Å²) in [4.78, 5) is 9.47. The molecule has 0 amide bonds. The standard InChI is InChI=1S/C24H31N3O2/c1-3-27-11-5-7-22(27)17-26(15-19-6-4-10-25-14-19)16-20-12-21-13-23(28-2)8-9-24(21)29-18-20/h4,6,8-10,12-14,22H,3,5,7,11,15-18H2,1-2H3/t22-/m1/s1. The average molecular weight is 394 g/mol. The normalized spacial score (nSPS) is 19.0. The summed E-state index contributed by atoms with van der Waals surface area (Å²) in [5.74, 6) is 1.79. The van der Waals surface area contributed by atoms with Crippen LogP contribution in [0.5, 0.6) is 11.5 Å². The van der Waals surface area contributed by atoms with E-state index in [9.17, 15) is 0 Å². The van der Waals surface area contributed by atoms with E-state index in [0.29, 0.717) is 12.6 Å². The topological polar surface area (TPSA) is 37.8 Å². The van der Waals surface area contributed by atoms with E-state index in [1.54, 1.807) is 7.11 Å². The Labute approximate surface area is 173 Å². The van der Waals surface area contributed by atoms with Gasteiger partial charge in [-0.15, -0.1) is 0 Å². The molecule has 4 rings (SSSR count). The number of hydrogen-bond donors (Lipinski definition) is 0. The van der Waals surface area contributed by atoms with Gasteiger partial charge in [0, 0.05) is 43.6 Å². The van der Waals surface area contributed by atoms with E-state index in [-0.39, 0.29) is 0 Å². The quantitative estimate of drug-likeness (QED) is 0.681. The maximum absolute atomic E-state index is 6.03. The summed E-state index contributed by atoms with van der Waals surface area (Å²) >= 11 is 0. The maximum Gasteiger partial charge on any atom is 0.127 e. The lowest BCUT2D eigenvalue weighted by Gasteiger charge is -2.31. The lowest BCUT2D eigenvalue weighted by molar-refractivity contribution is 0.176. The van der Waals surface area contributed by atoms with Gasteiger partial charge in [0.25, 0.3) is 0 Å². The largest absolute Gasteiger partial charge is 0.497 e. The number of fused-ring (bicyclic) bond motifs is 1. The molecule has 0 radical (unpaired) electrons. The highest BCUT2D eigenvalue weighted by Crippen LogP contribution is 2.30. The molecule has 0 saturated carbocycles. The summed E-state index contributed by atoms with van der Waals surface area (Å²) in [6, 6.07) is 10.8. The lowest BCUT2D eigenvalue weighted by atomic mass is 10.1. The number of aromatic nitrogens is 1. The molecule has 1 saturated heterocycles. The van der Waals surface area contributed by atoms with Crippen LogP contribution >= 0.6 is 0 Å². The molecular weight excluding hydrogens is 362 g/mol. The third-order valence-corrected chi connectivity index (χ3v) is 5.92. The fourth-order valence-corrected chi connectivity index (χ4v) is 4.46. The summed E-state index contributed by atoms with van der Waals surface area (Å²) < 4.78 is 11.4. The Morgan fingerprint density at radius 3 is 3.00 bits per heavy atom. The van der Waals surface area contributed by atoms with Gasteiger partial charge in [-0.25, -0.2) is 0 Å². The summed E-state index contributed by atoms with van der Waals surface area (Å²) in [7, 11) is 1.70. The van der Waals surface area contributed by atoms with Crippen LogP contribution in [-0.4, -0.2) is 60.7 Å². The number of hydrogen-bond acceptors (Lipinski definition) is 5. The third kappa shape index (κ3) is 4.98. The predicted octanol–water partition coefficient (Wildman–Crippen LogP) is 3.85. The fourth-order valence-electron chi connectivity index (χ4n) is 4.46. The zero-order valence-electron chi connectivity index (χ0n) is 17.5. The number of nitrogens with zero attached hydrogens (tertiary/aromatic N) is 3. The van der Waals surface area contributed by atoms with Gasteiger partial charge in [0.15, 0.2) is 0 Å². The number of pyridine rings is 1. The van der Waals surface area contributed by atoms with E-state index >= 15 is 0 Å². The Morgan fingerprint density at radius 1 is 1.28 bits per heavy atom. The minimum Gasteiger partial charge on any atom is -0.497 e. The molecule has 2 aromatic rings. The van der Waals surface area contributed by atoms with Crippen molar-refractivity contribution in [3.63, 3.8) is 0 Å². The Kier molecular flexibility index (Phi) is 6.47. The first-order valence-electron chi connectivity index (χ1n) is 10.6. The van der Waals surface area contributed by atoms with Crippen molar-refractivity contribution in [2.45, 2.75) is 32.4 Å². The van der Waals surface area contributed by atoms with Crippen LogP contribution in [0.2, 0.25) is 0 Å². The molecule has 1 aromatic heterocycles. The molecule has 0 unspecified atom stereocenters. The van der Waals surface area contributed by atoms with Gasteiger partial charge in [-0.05, 0) is 67.4 Å². The van der Waals surface area contributed by atoms with Crippen LogP contribution < -0.4 is 9.47 Å². The molecule has 0 spiro atoms. The molecule has 0 bridgehead atoms. The van der Waals surface area contributed by atoms with Crippen molar-refractivity contribution in [1.82, 2.24) is 14.8 Å². The highest BCUT2D eigenvalue weighted by molar-refractivity contribution is 5.64. The summed E-state index contributed by atoms with van der Waals surface area (Å²) in [6.45, 7) is 8.15. The molecule has 1 atom stereocenters. The first-order valence-corrected chi connectivity index (χ1v) is 10.6. The van der Waals surface area contributed by atoms with E-state index < -0.39 is 0 Å². The summed E-state index contributed by atoms with van der Waals surface area (Å²) in [5.41, 5.74) is 3.66. The van der Waals surface area contributed by atoms with E-state index in [1.807, 2.05) is 30.6 Å². The molecule has 29 heavy (non-hydrogen) atoms. The van der Waals surface area contributed by atoms with Crippen LogP contribution in [0.4, 0.5) is 0 Å². The maximum atomic E-state index is 6.03. The Balaban J connectivity index is 1.52. The van der Waals surface area contributed by atoms with Crippen LogP contribution in [0.3, 0.4) is 0 Å². The van der Waals surface area contributed by atoms with Crippen molar-refractivity contribution in [2.75, 3.05) is 39.9 Å². The van der Waals surface area contributed by atoms with Gasteiger partial charge in [0.2, 0.25) is 0 Å². The molecule has 0 N–H and O–H groups in total. The van der Waals surface area contributed by atoms with E-state index in [2.05, 4.69) is 39.9 Å². The highest BCUT2D eigenvalue weighted by atomic mass is 16.5. The second kappa shape index (κ2) is 9.42. The van der Waals surface area contributed by atoms with Crippen LogP contribution in [0, 0.1) is 0 Å². The zero-order valence-corrected chi connectivity index (χ0v) is 17.5. The van der Waals surface area contributed by atoms with Gasteiger partial charge in [0.1, 0.15) is 18.1 Å². The second-order valence-electron chi connectivity index (χ2n) is 7.95. The van der Waals surface area contributed by atoms with E-state index in [1.165, 1.54) is 30.5 Å². The summed E-state index contributed by atoms with van der Waals surface area (Å²) in [6.07, 6.45) is 8.67. The molecular formula is C24H31N3O2. The van der Waals surface area contributed by atoms with Crippen molar-refractivity contribution in [3.05, 3.63) is 59.4 Å². The molecule has 2 aliphatic heterocycles. The molecule has 0 aliphatic carbocycles. The number of likely N-dealkylation sites (tertiary alicyclic amines) is 1.